The van der Waals surface area contributed by atoms with E-state index in [4.69, 9.17) is 10.2 Å². The summed E-state index contributed by atoms with van der Waals surface area (Å²) in [6.07, 6.45) is 2.65. The molecule has 0 aromatic heterocycles. The molecule has 16 heavy (non-hydrogen) atoms. The maximum absolute atomic E-state index is 11.3. The molecule has 1 aliphatic rings. The summed E-state index contributed by atoms with van der Waals surface area (Å²) in [6, 6.07) is 0. The second kappa shape index (κ2) is 5.14. The van der Waals surface area contributed by atoms with Crippen molar-refractivity contribution in [2.75, 3.05) is 18.1 Å². The molecular weight excluding hydrogens is 232 g/mol. The molecule has 0 saturated carbocycles. The molecule has 1 fully saturated rings. The molecule has 1 aliphatic heterocycles. The lowest BCUT2D eigenvalue weighted by molar-refractivity contribution is -0.147. The molecule has 1 unspecified atom stereocenters. The summed E-state index contributed by atoms with van der Waals surface area (Å²) in [4.78, 5) is 11.2. The Morgan fingerprint density at radius 3 is 2.38 bits per heavy atom. The first kappa shape index (κ1) is 13.4. The second-order valence-corrected chi connectivity index (χ2v) is 6.65. The molecule has 0 amide bonds. The lowest BCUT2D eigenvalue weighted by atomic mass is 9.82. The zero-order chi connectivity index (χ0) is 12.2. The number of aliphatic carboxylic acids is 1. The SMILES string of the molecule is O=C(O)C1(CCCCCO)CCS(=O)(=O)C1. The molecule has 0 aromatic rings. The van der Waals surface area contributed by atoms with E-state index in [9.17, 15) is 13.2 Å². The van der Waals surface area contributed by atoms with Gasteiger partial charge in [0.1, 0.15) is 0 Å². The Morgan fingerprint density at radius 2 is 1.94 bits per heavy atom. The van der Waals surface area contributed by atoms with E-state index in [1.807, 2.05) is 0 Å². The fourth-order valence-corrected chi connectivity index (χ4v) is 4.24. The summed E-state index contributed by atoms with van der Waals surface area (Å²) in [6.45, 7) is 0.0956. The van der Waals surface area contributed by atoms with Crippen molar-refractivity contribution in [3.05, 3.63) is 0 Å². The molecule has 1 heterocycles. The number of carbonyl (C=O) groups is 1. The smallest absolute Gasteiger partial charge is 0.310 e. The molecule has 1 saturated heterocycles. The first-order chi connectivity index (χ1) is 7.42. The number of sulfone groups is 1. The van der Waals surface area contributed by atoms with Crippen LogP contribution in [0.25, 0.3) is 0 Å². The summed E-state index contributed by atoms with van der Waals surface area (Å²) in [5.74, 6) is -1.24. The highest BCUT2D eigenvalue weighted by molar-refractivity contribution is 7.91. The largest absolute Gasteiger partial charge is 0.481 e. The van der Waals surface area contributed by atoms with Gasteiger partial charge in [0, 0.05) is 6.61 Å². The van der Waals surface area contributed by atoms with Gasteiger partial charge in [-0.05, 0) is 19.3 Å². The number of carboxylic acids is 1. The van der Waals surface area contributed by atoms with E-state index in [1.165, 1.54) is 0 Å². The lowest BCUT2D eigenvalue weighted by Gasteiger charge is -2.21. The van der Waals surface area contributed by atoms with Gasteiger partial charge in [-0.15, -0.1) is 0 Å². The van der Waals surface area contributed by atoms with Gasteiger partial charge >= 0.3 is 5.97 Å². The van der Waals surface area contributed by atoms with Gasteiger partial charge < -0.3 is 10.2 Å². The molecule has 5 nitrogen and oxygen atoms in total. The molecule has 0 spiro atoms. The van der Waals surface area contributed by atoms with Crippen LogP contribution in [0.4, 0.5) is 0 Å². The van der Waals surface area contributed by atoms with Crippen LogP contribution in [0.5, 0.6) is 0 Å². The average Bonchev–Trinajstić information content (AvgIpc) is 2.51. The Hall–Kier alpha value is -0.620. The monoisotopic (exact) mass is 250 g/mol. The van der Waals surface area contributed by atoms with Crippen molar-refractivity contribution in [1.82, 2.24) is 0 Å². The summed E-state index contributed by atoms with van der Waals surface area (Å²) < 4.78 is 22.7. The van der Waals surface area contributed by atoms with Gasteiger partial charge in [-0.2, -0.15) is 0 Å². The normalized spacial score (nSPS) is 28.1. The van der Waals surface area contributed by atoms with E-state index in [1.54, 1.807) is 0 Å². The zero-order valence-corrected chi connectivity index (χ0v) is 10.0. The van der Waals surface area contributed by atoms with Crippen molar-refractivity contribution in [3.8, 4) is 0 Å². The molecule has 1 atom stereocenters. The van der Waals surface area contributed by atoms with E-state index in [0.717, 1.165) is 6.42 Å². The van der Waals surface area contributed by atoms with Gasteiger partial charge in [-0.3, -0.25) is 4.79 Å². The van der Waals surface area contributed by atoms with Gasteiger partial charge in [0.15, 0.2) is 9.84 Å². The van der Waals surface area contributed by atoms with Crippen LogP contribution in [-0.4, -0.2) is 42.7 Å². The van der Waals surface area contributed by atoms with Crippen LogP contribution in [0.2, 0.25) is 0 Å². The van der Waals surface area contributed by atoms with Crippen molar-refractivity contribution in [2.45, 2.75) is 32.1 Å². The van der Waals surface area contributed by atoms with Crippen LogP contribution in [0, 0.1) is 5.41 Å². The Morgan fingerprint density at radius 1 is 1.25 bits per heavy atom. The van der Waals surface area contributed by atoms with E-state index in [2.05, 4.69) is 0 Å². The Balaban J connectivity index is 2.59. The van der Waals surface area contributed by atoms with Crippen LogP contribution >= 0.6 is 0 Å². The molecule has 0 aromatic carbocycles. The Kier molecular flexibility index (Phi) is 4.32. The fourth-order valence-electron chi connectivity index (χ4n) is 2.14. The van der Waals surface area contributed by atoms with Crippen LogP contribution in [0.3, 0.4) is 0 Å². The van der Waals surface area contributed by atoms with Gasteiger partial charge in [-0.25, -0.2) is 8.42 Å². The van der Waals surface area contributed by atoms with Gasteiger partial charge in [0.05, 0.1) is 16.9 Å². The standard InChI is InChI=1S/C10H18O5S/c11-6-3-1-2-4-10(9(12)13)5-7-16(14,15)8-10/h11H,1-8H2,(H,12,13). The third kappa shape index (κ3) is 3.18. The first-order valence-electron chi connectivity index (χ1n) is 5.47. The third-order valence-corrected chi connectivity index (χ3v) is 4.97. The summed E-state index contributed by atoms with van der Waals surface area (Å²) in [5, 5.41) is 17.7. The number of aliphatic hydroxyl groups excluding tert-OH is 1. The Bertz CT molecular complexity index is 348. The molecule has 6 heteroatoms. The quantitative estimate of drug-likeness (QED) is 0.667. The minimum atomic E-state index is -3.17. The lowest BCUT2D eigenvalue weighted by Crippen LogP contribution is -2.32. The number of rotatable bonds is 6. The predicted octanol–water partition coefficient (Wildman–Crippen LogP) is 0.429. The van der Waals surface area contributed by atoms with Crippen LogP contribution in [-0.2, 0) is 14.6 Å². The molecule has 0 radical (unpaired) electrons. The van der Waals surface area contributed by atoms with E-state index in [0.29, 0.717) is 19.3 Å². The van der Waals surface area contributed by atoms with Crippen LogP contribution < -0.4 is 0 Å². The number of unbranched alkanes of at least 4 members (excludes halogenated alkanes) is 2. The summed E-state index contributed by atoms with van der Waals surface area (Å²) in [7, 11) is -3.17. The summed E-state index contributed by atoms with van der Waals surface area (Å²) in [5.41, 5.74) is -1.08. The fraction of sp³-hybridized carbons (Fsp3) is 0.900. The van der Waals surface area contributed by atoms with Crippen LogP contribution in [0.1, 0.15) is 32.1 Å². The third-order valence-electron chi connectivity index (χ3n) is 3.15. The molecule has 0 bridgehead atoms. The molecule has 94 valence electrons. The molecular formula is C10H18O5S. The number of aliphatic hydroxyl groups is 1. The number of hydrogen-bond donors (Lipinski definition) is 2. The minimum absolute atomic E-state index is 0.0146. The van der Waals surface area contributed by atoms with E-state index < -0.39 is 21.2 Å². The molecule has 1 rings (SSSR count). The van der Waals surface area contributed by atoms with Crippen molar-refractivity contribution >= 4 is 15.8 Å². The first-order valence-corrected chi connectivity index (χ1v) is 7.29. The number of carboxylic acid groups (broad SMARTS) is 1. The zero-order valence-electron chi connectivity index (χ0n) is 9.18. The van der Waals surface area contributed by atoms with Crippen molar-refractivity contribution in [3.63, 3.8) is 0 Å². The molecule has 0 aliphatic carbocycles. The number of hydrogen-bond acceptors (Lipinski definition) is 4. The Labute approximate surface area is 95.4 Å². The van der Waals surface area contributed by atoms with Crippen molar-refractivity contribution in [2.24, 2.45) is 5.41 Å². The molecule has 2 N–H and O–H groups in total. The van der Waals surface area contributed by atoms with E-state index >= 15 is 0 Å². The highest BCUT2D eigenvalue weighted by atomic mass is 32.2. The topological polar surface area (TPSA) is 91.7 Å². The average molecular weight is 250 g/mol. The van der Waals surface area contributed by atoms with Gasteiger partial charge in [0.25, 0.3) is 0 Å². The highest BCUT2D eigenvalue weighted by Crippen LogP contribution is 2.37. The van der Waals surface area contributed by atoms with Crippen molar-refractivity contribution in [1.29, 1.82) is 0 Å². The van der Waals surface area contributed by atoms with Crippen LogP contribution in [0.15, 0.2) is 0 Å². The second-order valence-electron chi connectivity index (χ2n) is 4.46. The van der Waals surface area contributed by atoms with Gasteiger partial charge in [0.2, 0.25) is 0 Å². The van der Waals surface area contributed by atoms with E-state index in [-0.39, 0.29) is 24.5 Å². The highest BCUT2D eigenvalue weighted by Gasteiger charge is 2.47. The van der Waals surface area contributed by atoms with Gasteiger partial charge in [-0.1, -0.05) is 12.8 Å². The maximum atomic E-state index is 11.3. The van der Waals surface area contributed by atoms with Crippen molar-refractivity contribution < 1.29 is 23.4 Å². The predicted molar refractivity (Wildman–Crippen MR) is 58.9 cm³/mol. The minimum Gasteiger partial charge on any atom is -0.481 e. The maximum Gasteiger partial charge on any atom is 0.310 e. The summed E-state index contributed by atoms with van der Waals surface area (Å²) >= 11 is 0.